The van der Waals surface area contributed by atoms with Crippen molar-refractivity contribution in [2.24, 2.45) is 10.2 Å². The Kier molecular flexibility index (Phi) is 8.47. The molecule has 0 unspecified atom stereocenters. The smallest absolute Gasteiger partial charge is 0.239 e. The van der Waals surface area contributed by atoms with Crippen molar-refractivity contribution in [3.63, 3.8) is 0 Å². The predicted molar refractivity (Wildman–Crippen MR) is 107 cm³/mol. The molecule has 1 fully saturated rings. The zero-order chi connectivity index (χ0) is 18.8. The molecular weight excluding hydrogens is 350 g/mol. The number of amidine groups is 1. The molecule has 26 heavy (non-hydrogen) atoms. The maximum atomic E-state index is 12.0. The van der Waals surface area contributed by atoms with E-state index >= 15 is 0 Å². The summed E-state index contributed by atoms with van der Waals surface area (Å²) in [5.41, 5.74) is 0.841. The van der Waals surface area contributed by atoms with E-state index in [0.717, 1.165) is 18.4 Å². The van der Waals surface area contributed by atoms with Crippen LogP contribution in [0.3, 0.4) is 0 Å². The molecular formula is C19H27N3O3S. The minimum atomic E-state index is -0.0494. The van der Waals surface area contributed by atoms with Gasteiger partial charge in [0.2, 0.25) is 5.91 Å². The molecule has 7 heteroatoms. The fourth-order valence-corrected chi connectivity index (χ4v) is 3.63. The van der Waals surface area contributed by atoms with Gasteiger partial charge in [-0.25, -0.2) is 0 Å². The molecule has 1 N–H and O–H groups in total. The number of amides is 1. The highest BCUT2D eigenvalue weighted by molar-refractivity contribution is 8.15. The summed E-state index contributed by atoms with van der Waals surface area (Å²) < 4.78 is 10.5. The standard InChI is InChI=1S/C19H27N3O3S/c1-4-5-6-7-8-9-17-18(23)21-19(26-17)22-20-13-14-10-11-15(24-2)16(12-14)25-3/h10-13,17H,4-9H2,1-3H3,(H,21,22,23)/t17-/m0/s1. The number of carbonyl (C=O) groups is 1. The van der Waals surface area contributed by atoms with Crippen molar-refractivity contribution in [1.29, 1.82) is 0 Å². The molecule has 1 heterocycles. The monoisotopic (exact) mass is 377 g/mol. The van der Waals surface area contributed by atoms with Crippen molar-refractivity contribution in [3.8, 4) is 11.5 Å². The number of rotatable bonds is 10. The van der Waals surface area contributed by atoms with Gasteiger partial charge in [0.1, 0.15) is 0 Å². The van der Waals surface area contributed by atoms with Crippen molar-refractivity contribution >= 4 is 29.1 Å². The second kappa shape index (κ2) is 10.9. The Labute approximate surface area is 159 Å². The number of ether oxygens (including phenoxy) is 2. The molecule has 1 aliphatic rings. The molecule has 6 nitrogen and oxygen atoms in total. The van der Waals surface area contributed by atoms with Gasteiger partial charge in [0.15, 0.2) is 16.7 Å². The molecule has 0 aromatic heterocycles. The summed E-state index contributed by atoms with van der Waals surface area (Å²) in [6.07, 6.45) is 8.51. The molecule has 1 atom stereocenters. The third kappa shape index (κ3) is 6.05. The van der Waals surface area contributed by atoms with Crippen LogP contribution in [0, 0.1) is 0 Å². The first-order valence-corrected chi connectivity index (χ1v) is 9.86. The summed E-state index contributed by atoms with van der Waals surface area (Å²) in [5.74, 6) is 1.33. The number of carbonyl (C=O) groups excluding carboxylic acids is 1. The van der Waals surface area contributed by atoms with Gasteiger partial charge in [-0.1, -0.05) is 50.8 Å². The van der Waals surface area contributed by atoms with E-state index in [4.69, 9.17) is 9.47 Å². The number of unbranched alkanes of at least 4 members (excludes halogenated alkanes) is 4. The van der Waals surface area contributed by atoms with Gasteiger partial charge >= 0.3 is 0 Å². The van der Waals surface area contributed by atoms with Gasteiger partial charge in [0.25, 0.3) is 0 Å². The van der Waals surface area contributed by atoms with Crippen LogP contribution in [-0.4, -0.2) is 36.8 Å². The summed E-state index contributed by atoms with van der Waals surface area (Å²) in [7, 11) is 3.18. The Hall–Kier alpha value is -2.02. The van der Waals surface area contributed by atoms with Gasteiger partial charge in [0.05, 0.1) is 25.7 Å². The Balaban J connectivity index is 1.86. The predicted octanol–water partition coefficient (Wildman–Crippen LogP) is 3.99. The summed E-state index contributed by atoms with van der Waals surface area (Å²) >= 11 is 1.46. The lowest BCUT2D eigenvalue weighted by atomic mass is 10.1. The van der Waals surface area contributed by atoms with Gasteiger partial charge in [0, 0.05) is 0 Å². The highest BCUT2D eigenvalue weighted by Gasteiger charge is 2.29. The van der Waals surface area contributed by atoms with Gasteiger partial charge in [-0.05, 0) is 30.2 Å². The van der Waals surface area contributed by atoms with Crippen LogP contribution in [0.5, 0.6) is 11.5 Å². The average molecular weight is 378 g/mol. The van der Waals surface area contributed by atoms with E-state index in [1.54, 1.807) is 20.4 Å². The van der Waals surface area contributed by atoms with E-state index in [1.165, 1.54) is 37.4 Å². The van der Waals surface area contributed by atoms with Crippen molar-refractivity contribution in [3.05, 3.63) is 23.8 Å². The number of nitrogens with one attached hydrogen (secondary N) is 1. The molecule has 142 valence electrons. The zero-order valence-electron chi connectivity index (χ0n) is 15.7. The first-order chi connectivity index (χ1) is 12.7. The van der Waals surface area contributed by atoms with Crippen molar-refractivity contribution in [2.45, 2.75) is 50.7 Å². The van der Waals surface area contributed by atoms with E-state index in [9.17, 15) is 4.79 Å². The summed E-state index contributed by atoms with van der Waals surface area (Å²) in [4.78, 5) is 12.0. The third-order valence-corrected chi connectivity index (χ3v) is 5.25. The number of thioether (sulfide) groups is 1. The Morgan fingerprint density at radius 3 is 2.65 bits per heavy atom. The topological polar surface area (TPSA) is 72.3 Å². The van der Waals surface area contributed by atoms with Crippen LogP contribution < -0.4 is 14.8 Å². The lowest BCUT2D eigenvalue weighted by Crippen LogP contribution is -2.24. The maximum absolute atomic E-state index is 12.0. The lowest BCUT2D eigenvalue weighted by molar-refractivity contribution is -0.118. The number of methoxy groups -OCH3 is 2. The van der Waals surface area contributed by atoms with E-state index < -0.39 is 0 Å². The Morgan fingerprint density at radius 1 is 1.15 bits per heavy atom. The van der Waals surface area contributed by atoms with Gasteiger partial charge in [-0.2, -0.15) is 5.10 Å². The Morgan fingerprint density at radius 2 is 1.92 bits per heavy atom. The number of hydrogen-bond acceptors (Lipinski definition) is 6. The fraction of sp³-hybridized carbons (Fsp3) is 0.526. The second-order valence-electron chi connectivity index (χ2n) is 6.06. The van der Waals surface area contributed by atoms with Crippen LogP contribution in [0.15, 0.2) is 28.4 Å². The number of benzene rings is 1. The van der Waals surface area contributed by atoms with Crippen LogP contribution in [0.25, 0.3) is 0 Å². The van der Waals surface area contributed by atoms with Crippen LogP contribution in [0.2, 0.25) is 0 Å². The normalized spacial score (nSPS) is 18.5. The largest absolute Gasteiger partial charge is 0.493 e. The first kappa shape index (κ1) is 20.3. The van der Waals surface area contributed by atoms with Crippen molar-refractivity contribution in [1.82, 2.24) is 5.32 Å². The molecule has 0 saturated carbocycles. The molecule has 1 aliphatic heterocycles. The SMILES string of the molecule is CCCCCCC[C@@H]1SC(=NN=Cc2ccc(OC)c(OC)c2)NC1=O. The second-order valence-corrected chi connectivity index (χ2v) is 7.25. The molecule has 2 rings (SSSR count). The maximum Gasteiger partial charge on any atom is 0.239 e. The Bertz CT molecular complexity index is 661. The minimum Gasteiger partial charge on any atom is -0.493 e. The van der Waals surface area contributed by atoms with E-state index in [2.05, 4.69) is 22.4 Å². The molecule has 1 saturated heterocycles. The van der Waals surface area contributed by atoms with E-state index in [1.807, 2.05) is 18.2 Å². The first-order valence-electron chi connectivity index (χ1n) is 8.98. The quantitative estimate of drug-likeness (QED) is 0.380. The average Bonchev–Trinajstić information content (AvgIpc) is 3.01. The van der Waals surface area contributed by atoms with Crippen LogP contribution in [0.1, 0.15) is 51.0 Å². The highest BCUT2D eigenvalue weighted by atomic mass is 32.2. The third-order valence-electron chi connectivity index (χ3n) is 4.11. The van der Waals surface area contributed by atoms with Gasteiger partial charge < -0.3 is 14.8 Å². The molecule has 1 aromatic carbocycles. The fourth-order valence-electron chi connectivity index (χ4n) is 2.66. The number of hydrogen-bond donors (Lipinski definition) is 1. The molecule has 1 amide bonds. The minimum absolute atomic E-state index is 0.0329. The summed E-state index contributed by atoms with van der Waals surface area (Å²) in [5, 5.41) is 11.5. The molecule has 0 radical (unpaired) electrons. The molecule has 1 aromatic rings. The van der Waals surface area contributed by atoms with E-state index in [0.29, 0.717) is 16.7 Å². The van der Waals surface area contributed by atoms with Crippen molar-refractivity contribution < 1.29 is 14.3 Å². The number of nitrogens with zero attached hydrogens (tertiary/aromatic N) is 2. The molecule has 0 bridgehead atoms. The van der Waals surface area contributed by atoms with Gasteiger partial charge in [-0.15, -0.1) is 5.10 Å². The van der Waals surface area contributed by atoms with Crippen LogP contribution in [0.4, 0.5) is 0 Å². The molecule has 0 aliphatic carbocycles. The lowest BCUT2D eigenvalue weighted by Gasteiger charge is -2.07. The summed E-state index contributed by atoms with van der Waals surface area (Å²) in [6, 6.07) is 5.50. The van der Waals surface area contributed by atoms with E-state index in [-0.39, 0.29) is 11.2 Å². The van der Waals surface area contributed by atoms with Gasteiger partial charge in [-0.3, -0.25) is 4.79 Å². The van der Waals surface area contributed by atoms with Crippen LogP contribution >= 0.6 is 11.8 Å². The molecule has 0 spiro atoms. The summed E-state index contributed by atoms with van der Waals surface area (Å²) in [6.45, 7) is 2.20. The highest BCUT2D eigenvalue weighted by Crippen LogP contribution is 2.27. The zero-order valence-corrected chi connectivity index (χ0v) is 16.5. The van der Waals surface area contributed by atoms with Crippen LogP contribution in [-0.2, 0) is 4.79 Å². The van der Waals surface area contributed by atoms with Crippen molar-refractivity contribution in [2.75, 3.05) is 14.2 Å².